The molecule has 1 fully saturated rings. The van der Waals surface area contributed by atoms with Crippen molar-refractivity contribution in [1.82, 2.24) is 5.32 Å². The SMILES string of the molecule is CCSC1CCC(NC(C)c2cc(OC)ccc2O)C1. The van der Waals surface area contributed by atoms with Gasteiger partial charge in [0.25, 0.3) is 0 Å². The quantitative estimate of drug-likeness (QED) is 0.839. The number of ether oxygens (including phenoxy) is 1. The van der Waals surface area contributed by atoms with Crippen LogP contribution in [0.4, 0.5) is 0 Å². The molecule has 0 spiro atoms. The molecule has 3 unspecified atom stereocenters. The Balaban J connectivity index is 1.96. The van der Waals surface area contributed by atoms with Crippen molar-refractivity contribution in [2.24, 2.45) is 0 Å². The summed E-state index contributed by atoms with van der Waals surface area (Å²) >= 11 is 2.07. The van der Waals surface area contributed by atoms with E-state index in [1.54, 1.807) is 19.2 Å². The first-order chi connectivity index (χ1) is 9.63. The van der Waals surface area contributed by atoms with Crippen LogP contribution in [0.2, 0.25) is 0 Å². The van der Waals surface area contributed by atoms with Crippen LogP contribution in [0.3, 0.4) is 0 Å². The van der Waals surface area contributed by atoms with Crippen LogP contribution >= 0.6 is 11.8 Å². The van der Waals surface area contributed by atoms with Crippen molar-refractivity contribution < 1.29 is 9.84 Å². The highest BCUT2D eigenvalue weighted by Crippen LogP contribution is 2.33. The van der Waals surface area contributed by atoms with Crippen LogP contribution in [0, 0.1) is 0 Å². The van der Waals surface area contributed by atoms with Gasteiger partial charge in [-0.25, -0.2) is 0 Å². The normalized spacial score (nSPS) is 23.8. The molecule has 0 aromatic heterocycles. The summed E-state index contributed by atoms with van der Waals surface area (Å²) in [6.07, 6.45) is 3.76. The predicted molar refractivity (Wildman–Crippen MR) is 85.8 cm³/mol. The van der Waals surface area contributed by atoms with E-state index >= 15 is 0 Å². The maximum atomic E-state index is 10.0. The molecule has 0 bridgehead atoms. The molecule has 3 nitrogen and oxygen atoms in total. The Morgan fingerprint density at radius 1 is 1.45 bits per heavy atom. The molecule has 1 aliphatic carbocycles. The molecular weight excluding hydrogens is 270 g/mol. The molecule has 1 aromatic carbocycles. The summed E-state index contributed by atoms with van der Waals surface area (Å²) in [5, 5.41) is 14.5. The molecule has 4 heteroatoms. The molecule has 0 aliphatic heterocycles. The van der Waals surface area contributed by atoms with E-state index in [9.17, 15) is 5.11 Å². The average Bonchev–Trinajstić information content (AvgIpc) is 2.87. The Kier molecular flexibility index (Phi) is 5.61. The fraction of sp³-hybridized carbons (Fsp3) is 0.625. The number of methoxy groups -OCH3 is 1. The van der Waals surface area contributed by atoms with Crippen molar-refractivity contribution in [3.05, 3.63) is 23.8 Å². The third-order valence-corrected chi connectivity index (χ3v) is 5.21. The van der Waals surface area contributed by atoms with Crippen molar-refractivity contribution in [3.8, 4) is 11.5 Å². The number of nitrogens with one attached hydrogen (secondary N) is 1. The number of benzene rings is 1. The van der Waals surface area contributed by atoms with Crippen LogP contribution in [0.1, 0.15) is 44.7 Å². The highest BCUT2D eigenvalue weighted by molar-refractivity contribution is 7.99. The van der Waals surface area contributed by atoms with Crippen molar-refractivity contribution >= 4 is 11.8 Å². The molecule has 2 N–H and O–H groups in total. The van der Waals surface area contributed by atoms with Crippen LogP contribution < -0.4 is 10.1 Å². The molecule has 1 aliphatic rings. The molecule has 2 rings (SSSR count). The largest absolute Gasteiger partial charge is 0.508 e. The summed E-state index contributed by atoms with van der Waals surface area (Å²) in [4.78, 5) is 0. The van der Waals surface area contributed by atoms with Gasteiger partial charge in [-0.3, -0.25) is 0 Å². The zero-order valence-corrected chi connectivity index (χ0v) is 13.4. The number of aromatic hydroxyl groups is 1. The molecule has 0 heterocycles. The lowest BCUT2D eigenvalue weighted by Crippen LogP contribution is -2.29. The Morgan fingerprint density at radius 3 is 2.95 bits per heavy atom. The molecule has 0 saturated heterocycles. The van der Waals surface area contributed by atoms with Crippen LogP contribution in [0.15, 0.2) is 18.2 Å². The summed E-state index contributed by atoms with van der Waals surface area (Å²) < 4.78 is 5.24. The molecule has 1 saturated carbocycles. The van der Waals surface area contributed by atoms with E-state index in [1.165, 1.54) is 25.0 Å². The van der Waals surface area contributed by atoms with Gasteiger partial charge in [-0.15, -0.1) is 0 Å². The van der Waals surface area contributed by atoms with Gasteiger partial charge in [-0.1, -0.05) is 6.92 Å². The summed E-state index contributed by atoms with van der Waals surface area (Å²) in [6.45, 7) is 4.33. The third kappa shape index (κ3) is 3.83. The molecular formula is C16H25NO2S. The number of phenols is 1. The number of phenolic OH excluding ortho intramolecular Hbond substituents is 1. The first kappa shape index (κ1) is 15.5. The highest BCUT2D eigenvalue weighted by atomic mass is 32.2. The fourth-order valence-corrected chi connectivity index (χ4v) is 4.07. The first-order valence-corrected chi connectivity index (χ1v) is 8.43. The molecule has 1 aromatic rings. The van der Waals surface area contributed by atoms with Crippen molar-refractivity contribution in [2.45, 2.75) is 50.4 Å². The number of hydrogen-bond donors (Lipinski definition) is 2. The van der Waals surface area contributed by atoms with Gasteiger partial charge < -0.3 is 15.2 Å². The van der Waals surface area contributed by atoms with E-state index < -0.39 is 0 Å². The van der Waals surface area contributed by atoms with Crippen LogP contribution in [0.25, 0.3) is 0 Å². The molecule has 0 radical (unpaired) electrons. The van der Waals surface area contributed by atoms with Gasteiger partial charge in [0.15, 0.2) is 0 Å². The lowest BCUT2D eigenvalue weighted by Gasteiger charge is -2.21. The maximum absolute atomic E-state index is 10.0. The zero-order chi connectivity index (χ0) is 14.5. The van der Waals surface area contributed by atoms with Gasteiger partial charge >= 0.3 is 0 Å². The number of rotatable bonds is 6. The summed E-state index contributed by atoms with van der Waals surface area (Å²) in [5.74, 6) is 2.32. The topological polar surface area (TPSA) is 41.5 Å². The van der Waals surface area contributed by atoms with Gasteiger partial charge in [0.2, 0.25) is 0 Å². The van der Waals surface area contributed by atoms with E-state index in [2.05, 4.69) is 30.9 Å². The Hall–Kier alpha value is -0.870. The Bertz CT molecular complexity index is 438. The van der Waals surface area contributed by atoms with E-state index in [0.29, 0.717) is 11.8 Å². The minimum Gasteiger partial charge on any atom is -0.508 e. The lowest BCUT2D eigenvalue weighted by atomic mass is 10.1. The predicted octanol–water partition coefficient (Wildman–Crippen LogP) is 3.73. The fourth-order valence-electron chi connectivity index (χ4n) is 2.93. The average molecular weight is 295 g/mol. The van der Waals surface area contributed by atoms with Crippen LogP contribution in [0.5, 0.6) is 11.5 Å². The van der Waals surface area contributed by atoms with Gasteiger partial charge in [0.1, 0.15) is 11.5 Å². The van der Waals surface area contributed by atoms with E-state index in [4.69, 9.17) is 4.74 Å². The smallest absolute Gasteiger partial charge is 0.120 e. The number of thioether (sulfide) groups is 1. The summed E-state index contributed by atoms with van der Waals surface area (Å²) in [6, 6.07) is 6.10. The van der Waals surface area contributed by atoms with E-state index in [0.717, 1.165) is 16.6 Å². The second-order valence-electron chi connectivity index (χ2n) is 5.40. The maximum Gasteiger partial charge on any atom is 0.120 e. The monoisotopic (exact) mass is 295 g/mol. The minimum absolute atomic E-state index is 0.139. The van der Waals surface area contributed by atoms with Gasteiger partial charge in [0.05, 0.1) is 7.11 Å². The third-order valence-electron chi connectivity index (χ3n) is 3.97. The zero-order valence-electron chi connectivity index (χ0n) is 12.6. The van der Waals surface area contributed by atoms with Crippen molar-refractivity contribution in [2.75, 3.05) is 12.9 Å². The van der Waals surface area contributed by atoms with Crippen LogP contribution in [-0.2, 0) is 0 Å². The molecule has 3 atom stereocenters. The Labute approximate surface area is 126 Å². The lowest BCUT2D eigenvalue weighted by molar-refractivity contribution is 0.402. The van der Waals surface area contributed by atoms with Crippen LogP contribution in [-0.4, -0.2) is 29.3 Å². The van der Waals surface area contributed by atoms with Gasteiger partial charge in [-0.2, -0.15) is 11.8 Å². The molecule has 20 heavy (non-hydrogen) atoms. The van der Waals surface area contributed by atoms with Gasteiger partial charge in [-0.05, 0) is 50.1 Å². The first-order valence-electron chi connectivity index (χ1n) is 7.38. The molecule has 112 valence electrons. The van der Waals surface area contributed by atoms with E-state index in [-0.39, 0.29) is 6.04 Å². The second-order valence-corrected chi connectivity index (χ2v) is 6.98. The highest BCUT2D eigenvalue weighted by Gasteiger charge is 2.26. The summed E-state index contributed by atoms with van der Waals surface area (Å²) in [5.41, 5.74) is 0.913. The Morgan fingerprint density at radius 2 is 2.25 bits per heavy atom. The van der Waals surface area contributed by atoms with Gasteiger partial charge in [0, 0.05) is 22.9 Å². The standard InChI is InChI=1S/C16H25NO2S/c1-4-20-14-7-5-12(9-14)17-11(2)15-10-13(19-3)6-8-16(15)18/h6,8,10-12,14,17-18H,4-5,7,9H2,1-3H3. The second kappa shape index (κ2) is 7.23. The minimum atomic E-state index is 0.139. The molecule has 0 amide bonds. The summed E-state index contributed by atoms with van der Waals surface area (Å²) in [7, 11) is 1.65. The van der Waals surface area contributed by atoms with E-state index in [1.807, 2.05) is 6.07 Å². The van der Waals surface area contributed by atoms with Crippen molar-refractivity contribution in [1.29, 1.82) is 0 Å². The number of hydrogen-bond acceptors (Lipinski definition) is 4. The van der Waals surface area contributed by atoms with Crippen molar-refractivity contribution in [3.63, 3.8) is 0 Å².